The van der Waals surface area contributed by atoms with Gasteiger partial charge in [-0.05, 0) is 24.5 Å². The van der Waals surface area contributed by atoms with Gasteiger partial charge in [-0.1, -0.05) is 32.0 Å². The van der Waals surface area contributed by atoms with Crippen molar-refractivity contribution >= 4 is 0 Å². The molecule has 1 N–H and O–H groups in total. The Labute approximate surface area is 79.2 Å². The zero-order valence-electron chi connectivity index (χ0n) is 8.32. The fraction of sp³-hybridized carbons (Fsp3) is 0.455. The molecule has 0 saturated carbocycles. The Balaban J connectivity index is 2.91. The summed E-state index contributed by atoms with van der Waals surface area (Å²) in [5.74, 6) is 1.18. The molecule has 2 heteroatoms. The highest BCUT2D eigenvalue weighted by molar-refractivity contribution is 5.35. The summed E-state index contributed by atoms with van der Waals surface area (Å²) >= 11 is 0. The number of aliphatic hydroxyl groups excluding tert-OH is 1. The summed E-state index contributed by atoms with van der Waals surface area (Å²) in [5.41, 5.74) is 1.13. The average Bonchev–Trinajstić information content (AvgIpc) is 2.03. The first-order valence-electron chi connectivity index (χ1n) is 4.55. The van der Waals surface area contributed by atoms with E-state index in [1.165, 1.54) is 0 Å². The zero-order valence-corrected chi connectivity index (χ0v) is 8.32. The molecule has 1 aromatic carbocycles. The van der Waals surface area contributed by atoms with Crippen LogP contribution in [0.1, 0.15) is 32.3 Å². The average molecular weight is 180 g/mol. The van der Waals surface area contributed by atoms with Gasteiger partial charge in [0.25, 0.3) is 0 Å². The largest absolute Gasteiger partial charge is 0.465 e. The standard InChI is InChI=1S/C11H16O2/c1-8(2)10-6-4-5-7-11(10)13-9(3)12/h4-9,12H,1-3H3. The van der Waals surface area contributed by atoms with Crippen LogP contribution in [0.25, 0.3) is 0 Å². The summed E-state index contributed by atoms with van der Waals surface area (Å²) in [5, 5.41) is 9.09. The van der Waals surface area contributed by atoms with Crippen molar-refractivity contribution in [3.63, 3.8) is 0 Å². The minimum Gasteiger partial charge on any atom is -0.465 e. The Morgan fingerprint density at radius 2 is 1.77 bits per heavy atom. The van der Waals surface area contributed by atoms with E-state index in [1.807, 2.05) is 24.3 Å². The van der Waals surface area contributed by atoms with E-state index in [0.717, 1.165) is 11.3 Å². The first-order chi connectivity index (χ1) is 6.11. The van der Waals surface area contributed by atoms with Crippen molar-refractivity contribution in [1.82, 2.24) is 0 Å². The lowest BCUT2D eigenvalue weighted by atomic mass is 10.0. The van der Waals surface area contributed by atoms with Crippen LogP contribution in [0.15, 0.2) is 24.3 Å². The molecule has 0 aromatic heterocycles. The summed E-state index contributed by atoms with van der Waals surface area (Å²) in [6, 6.07) is 7.78. The van der Waals surface area contributed by atoms with Gasteiger partial charge in [-0.3, -0.25) is 0 Å². The molecule has 0 aliphatic rings. The van der Waals surface area contributed by atoms with Gasteiger partial charge in [0.05, 0.1) is 0 Å². The van der Waals surface area contributed by atoms with Gasteiger partial charge in [0.1, 0.15) is 5.75 Å². The SMILES string of the molecule is CC(O)Oc1ccccc1C(C)C. The molecular formula is C11H16O2. The highest BCUT2D eigenvalue weighted by Gasteiger charge is 2.07. The maximum absolute atomic E-state index is 9.09. The van der Waals surface area contributed by atoms with Gasteiger partial charge >= 0.3 is 0 Å². The van der Waals surface area contributed by atoms with E-state index >= 15 is 0 Å². The molecule has 0 amide bonds. The van der Waals surface area contributed by atoms with Crippen LogP contribution in [0.5, 0.6) is 5.75 Å². The second kappa shape index (κ2) is 4.28. The molecule has 13 heavy (non-hydrogen) atoms. The lowest BCUT2D eigenvalue weighted by Crippen LogP contribution is -2.11. The normalized spacial score (nSPS) is 13.0. The Hall–Kier alpha value is -1.02. The number of hydrogen-bond donors (Lipinski definition) is 1. The van der Waals surface area contributed by atoms with Gasteiger partial charge in [0.2, 0.25) is 0 Å². The summed E-state index contributed by atoms with van der Waals surface area (Å²) in [6.45, 7) is 5.81. The molecule has 72 valence electrons. The van der Waals surface area contributed by atoms with Crippen LogP contribution in [0.3, 0.4) is 0 Å². The molecule has 1 aromatic rings. The van der Waals surface area contributed by atoms with Crippen molar-refractivity contribution in [3.05, 3.63) is 29.8 Å². The van der Waals surface area contributed by atoms with Crippen molar-refractivity contribution in [2.24, 2.45) is 0 Å². The van der Waals surface area contributed by atoms with Crippen LogP contribution < -0.4 is 4.74 Å². The van der Waals surface area contributed by atoms with E-state index in [4.69, 9.17) is 9.84 Å². The van der Waals surface area contributed by atoms with E-state index in [2.05, 4.69) is 13.8 Å². The van der Waals surface area contributed by atoms with Crippen molar-refractivity contribution in [2.45, 2.75) is 33.0 Å². The molecule has 2 nitrogen and oxygen atoms in total. The monoisotopic (exact) mass is 180 g/mol. The molecule has 0 radical (unpaired) electrons. The topological polar surface area (TPSA) is 29.5 Å². The molecule has 0 aliphatic heterocycles. The van der Waals surface area contributed by atoms with Crippen LogP contribution in [-0.4, -0.2) is 11.4 Å². The lowest BCUT2D eigenvalue weighted by Gasteiger charge is -2.15. The van der Waals surface area contributed by atoms with Crippen LogP contribution in [0.4, 0.5) is 0 Å². The second-order valence-corrected chi connectivity index (χ2v) is 3.41. The molecule has 0 saturated heterocycles. The minimum atomic E-state index is -0.750. The van der Waals surface area contributed by atoms with Crippen LogP contribution in [0.2, 0.25) is 0 Å². The Kier molecular flexibility index (Phi) is 3.32. The predicted octanol–water partition coefficient (Wildman–Crippen LogP) is 2.53. The van der Waals surface area contributed by atoms with Crippen molar-refractivity contribution in [2.75, 3.05) is 0 Å². The third kappa shape index (κ3) is 2.74. The third-order valence-corrected chi connectivity index (χ3v) is 1.84. The zero-order chi connectivity index (χ0) is 9.84. The van der Waals surface area contributed by atoms with Gasteiger partial charge in [0, 0.05) is 0 Å². The molecular weight excluding hydrogens is 164 g/mol. The van der Waals surface area contributed by atoms with Gasteiger partial charge in [-0.25, -0.2) is 0 Å². The van der Waals surface area contributed by atoms with Gasteiger partial charge in [-0.2, -0.15) is 0 Å². The highest BCUT2D eigenvalue weighted by atomic mass is 16.6. The predicted molar refractivity (Wildman–Crippen MR) is 52.8 cm³/mol. The second-order valence-electron chi connectivity index (χ2n) is 3.41. The molecule has 0 spiro atoms. The van der Waals surface area contributed by atoms with Crippen molar-refractivity contribution in [1.29, 1.82) is 0 Å². The number of ether oxygens (including phenoxy) is 1. The first-order valence-corrected chi connectivity index (χ1v) is 4.55. The number of para-hydroxylation sites is 1. The molecule has 0 fully saturated rings. The van der Waals surface area contributed by atoms with Crippen LogP contribution in [0, 0.1) is 0 Å². The molecule has 0 heterocycles. The Morgan fingerprint density at radius 1 is 1.15 bits per heavy atom. The summed E-state index contributed by atoms with van der Waals surface area (Å²) in [4.78, 5) is 0. The molecule has 1 atom stereocenters. The number of benzene rings is 1. The van der Waals surface area contributed by atoms with Gasteiger partial charge < -0.3 is 9.84 Å². The number of aliphatic hydroxyl groups is 1. The van der Waals surface area contributed by atoms with Crippen LogP contribution >= 0.6 is 0 Å². The molecule has 1 rings (SSSR count). The summed E-state index contributed by atoms with van der Waals surface area (Å²) < 4.78 is 5.26. The van der Waals surface area contributed by atoms with E-state index < -0.39 is 6.29 Å². The van der Waals surface area contributed by atoms with E-state index in [-0.39, 0.29) is 0 Å². The molecule has 0 bridgehead atoms. The van der Waals surface area contributed by atoms with E-state index in [1.54, 1.807) is 6.92 Å². The van der Waals surface area contributed by atoms with E-state index in [9.17, 15) is 0 Å². The molecule has 0 aliphatic carbocycles. The minimum absolute atomic E-state index is 0.412. The fourth-order valence-corrected chi connectivity index (χ4v) is 1.25. The lowest BCUT2D eigenvalue weighted by molar-refractivity contribution is -0.00113. The first kappa shape index (κ1) is 10.1. The third-order valence-electron chi connectivity index (χ3n) is 1.84. The summed E-state index contributed by atoms with van der Waals surface area (Å²) in [7, 11) is 0. The van der Waals surface area contributed by atoms with Gasteiger partial charge in [0.15, 0.2) is 6.29 Å². The smallest absolute Gasteiger partial charge is 0.194 e. The van der Waals surface area contributed by atoms with Gasteiger partial charge in [-0.15, -0.1) is 0 Å². The maximum Gasteiger partial charge on any atom is 0.194 e. The Morgan fingerprint density at radius 3 is 2.31 bits per heavy atom. The fourth-order valence-electron chi connectivity index (χ4n) is 1.25. The van der Waals surface area contributed by atoms with Crippen molar-refractivity contribution in [3.8, 4) is 5.75 Å². The Bertz CT molecular complexity index is 267. The van der Waals surface area contributed by atoms with Crippen LogP contribution in [-0.2, 0) is 0 Å². The highest BCUT2D eigenvalue weighted by Crippen LogP contribution is 2.26. The number of rotatable bonds is 3. The van der Waals surface area contributed by atoms with E-state index in [0.29, 0.717) is 5.92 Å². The van der Waals surface area contributed by atoms with Crippen molar-refractivity contribution < 1.29 is 9.84 Å². The molecule has 1 unspecified atom stereocenters. The number of hydrogen-bond acceptors (Lipinski definition) is 2. The summed E-state index contributed by atoms with van der Waals surface area (Å²) in [6.07, 6.45) is -0.750. The maximum atomic E-state index is 9.09. The quantitative estimate of drug-likeness (QED) is 0.724.